The molecule has 3 nitrogen and oxygen atoms in total. The average molecular weight is 246 g/mol. The maximum atomic E-state index is 10.4. The zero-order valence-corrected chi connectivity index (χ0v) is 10.9. The van der Waals surface area contributed by atoms with Crippen molar-refractivity contribution in [2.45, 2.75) is 33.0 Å². The number of rotatable bonds is 4. The average Bonchev–Trinajstić information content (AvgIpc) is 2.74. The third-order valence-electron chi connectivity index (χ3n) is 2.77. The first kappa shape index (κ1) is 12.7. The lowest BCUT2D eigenvalue weighted by Gasteiger charge is -2.17. The van der Waals surface area contributed by atoms with Crippen LogP contribution in [-0.4, -0.2) is 11.2 Å². The van der Waals surface area contributed by atoms with Crippen LogP contribution < -0.4 is 4.74 Å². The lowest BCUT2D eigenvalue weighted by molar-refractivity contribution is 0.196. The predicted octanol–water partition coefficient (Wildman–Crippen LogP) is 3.46. The summed E-state index contributed by atoms with van der Waals surface area (Å²) >= 11 is 0. The molecule has 2 rings (SSSR count). The highest BCUT2D eigenvalue weighted by Crippen LogP contribution is 2.32. The summed E-state index contributed by atoms with van der Waals surface area (Å²) in [5.74, 6) is 1.43. The van der Waals surface area contributed by atoms with Crippen LogP contribution >= 0.6 is 0 Å². The molecule has 96 valence electrons. The summed E-state index contributed by atoms with van der Waals surface area (Å²) in [6.45, 7) is 5.77. The number of furan rings is 1. The summed E-state index contributed by atoms with van der Waals surface area (Å²) in [6.07, 6.45) is 0.933. The summed E-state index contributed by atoms with van der Waals surface area (Å²) in [6, 6.07) is 9.31. The summed E-state index contributed by atoms with van der Waals surface area (Å²) in [4.78, 5) is 0. The van der Waals surface area contributed by atoms with Gasteiger partial charge in [0.15, 0.2) is 0 Å². The van der Waals surface area contributed by atoms with Gasteiger partial charge >= 0.3 is 0 Å². The van der Waals surface area contributed by atoms with Gasteiger partial charge in [0.2, 0.25) is 0 Å². The summed E-state index contributed by atoms with van der Waals surface area (Å²) in [5, 5.41) is 10.4. The Kier molecular flexibility index (Phi) is 3.72. The SMILES string of the molecule is Cc1occc1C(O)c1ccccc1OC(C)C. The second-order valence-electron chi connectivity index (χ2n) is 4.54. The molecule has 1 aromatic heterocycles. The van der Waals surface area contributed by atoms with Crippen molar-refractivity contribution in [3.8, 4) is 5.75 Å². The van der Waals surface area contributed by atoms with E-state index in [0.29, 0.717) is 5.75 Å². The molecule has 3 heteroatoms. The van der Waals surface area contributed by atoms with Crippen LogP contribution in [0.25, 0.3) is 0 Å². The van der Waals surface area contributed by atoms with Crippen LogP contribution in [0.3, 0.4) is 0 Å². The van der Waals surface area contributed by atoms with E-state index in [2.05, 4.69) is 0 Å². The maximum Gasteiger partial charge on any atom is 0.125 e. The van der Waals surface area contributed by atoms with Crippen LogP contribution in [0, 0.1) is 6.92 Å². The third-order valence-corrected chi connectivity index (χ3v) is 2.77. The Morgan fingerprint density at radius 1 is 1.11 bits per heavy atom. The van der Waals surface area contributed by atoms with Crippen molar-refractivity contribution in [1.29, 1.82) is 0 Å². The van der Waals surface area contributed by atoms with Gasteiger partial charge in [0.05, 0.1) is 12.4 Å². The van der Waals surface area contributed by atoms with E-state index >= 15 is 0 Å². The molecule has 0 saturated heterocycles. The Labute approximate surface area is 107 Å². The van der Waals surface area contributed by atoms with Gasteiger partial charge in [-0.15, -0.1) is 0 Å². The Hall–Kier alpha value is -1.74. The normalized spacial score (nSPS) is 12.7. The van der Waals surface area contributed by atoms with Gasteiger partial charge in [-0.2, -0.15) is 0 Å². The maximum absolute atomic E-state index is 10.4. The molecule has 1 aromatic carbocycles. The molecule has 0 aliphatic rings. The highest BCUT2D eigenvalue weighted by atomic mass is 16.5. The van der Waals surface area contributed by atoms with Gasteiger partial charge in [-0.3, -0.25) is 0 Å². The number of hydrogen-bond donors (Lipinski definition) is 1. The van der Waals surface area contributed by atoms with Crippen LogP contribution in [0.1, 0.15) is 36.8 Å². The van der Waals surface area contributed by atoms with Gasteiger partial charge in [0.25, 0.3) is 0 Å². The Morgan fingerprint density at radius 3 is 2.44 bits per heavy atom. The van der Waals surface area contributed by atoms with E-state index in [0.717, 1.165) is 16.9 Å². The van der Waals surface area contributed by atoms with Crippen LogP contribution in [0.5, 0.6) is 5.75 Å². The van der Waals surface area contributed by atoms with Crippen molar-refractivity contribution < 1.29 is 14.3 Å². The number of aryl methyl sites for hydroxylation is 1. The minimum absolute atomic E-state index is 0.0730. The monoisotopic (exact) mass is 246 g/mol. The molecule has 1 unspecified atom stereocenters. The van der Waals surface area contributed by atoms with Gasteiger partial charge < -0.3 is 14.3 Å². The number of ether oxygens (including phenoxy) is 1. The molecule has 2 aromatic rings. The number of hydrogen-bond acceptors (Lipinski definition) is 3. The second kappa shape index (κ2) is 5.27. The van der Waals surface area contributed by atoms with E-state index < -0.39 is 6.10 Å². The van der Waals surface area contributed by atoms with Crippen molar-refractivity contribution in [2.75, 3.05) is 0 Å². The van der Waals surface area contributed by atoms with E-state index in [4.69, 9.17) is 9.15 Å². The van der Waals surface area contributed by atoms with Crippen LogP contribution in [0.15, 0.2) is 41.0 Å². The smallest absolute Gasteiger partial charge is 0.125 e. The molecule has 18 heavy (non-hydrogen) atoms. The quantitative estimate of drug-likeness (QED) is 0.898. The molecular formula is C15H18O3. The van der Waals surface area contributed by atoms with Gasteiger partial charge in [0.1, 0.15) is 17.6 Å². The van der Waals surface area contributed by atoms with E-state index in [1.807, 2.05) is 45.0 Å². The van der Waals surface area contributed by atoms with Gasteiger partial charge in [-0.25, -0.2) is 0 Å². The van der Waals surface area contributed by atoms with Gasteiger partial charge in [0, 0.05) is 11.1 Å². The number of aliphatic hydroxyl groups excluding tert-OH is 1. The molecule has 1 N–H and O–H groups in total. The molecule has 0 aliphatic heterocycles. The van der Waals surface area contributed by atoms with Crippen molar-refractivity contribution in [1.82, 2.24) is 0 Å². The van der Waals surface area contributed by atoms with Crippen molar-refractivity contribution in [3.05, 3.63) is 53.5 Å². The van der Waals surface area contributed by atoms with Crippen molar-refractivity contribution in [3.63, 3.8) is 0 Å². The molecule has 0 aliphatic carbocycles. The highest BCUT2D eigenvalue weighted by molar-refractivity contribution is 5.40. The summed E-state index contributed by atoms with van der Waals surface area (Å²) in [5.41, 5.74) is 1.53. The first-order chi connectivity index (χ1) is 8.59. The van der Waals surface area contributed by atoms with Crippen molar-refractivity contribution >= 4 is 0 Å². The molecule has 0 saturated carbocycles. The minimum atomic E-state index is -0.723. The Balaban J connectivity index is 2.36. The van der Waals surface area contributed by atoms with E-state index in [1.165, 1.54) is 0 Å². The largest absolute Gasteiger partial charge is 0.491 e. The fourth-order valence-electron chi connectivity index (χ4n) is 1.91. The Bertz CT molecular complexity index is 514. The molecule has 0 spiro atoms. The summed E-state index contributed by atoms with van der Waals surface area (Å²) < 4.78 is 10.9. The number of para-hydroxylation sites is 1. The number of aliphatic hydroxyl groups is 1. The van der Waals surface area contributed by atoms with Gasteiger partial charge in [-0.05, 0) is 32.9 Å². The van der Waals surface area contributed by atoms with E-state index in [9.17, 15) is 5.11 Å². The molecule has 0 amide bonds. The fourth-order valence-corrected chi connectivity index (χ4v) is 1.91. The van der Waals surface area contributed by atoms with Crippen LogP contribution in [0.2, 0.25) is 0 Å². The van der Waals surface area contributed by atoms with E-state index in [1.54, 1.807) is 12.3 Å². The lowest BCUT2D eigenvalue weighted by atomic mass is 10.0. The second-order valence-corrected chi connectivity index (χ2v) is 4.54. The molecule has 0 radical (unpaired) electrons. The first-order valence-electron chi connectivity index (χ1n) is 6.07. The van der Waals surface area contributed by atoms with Crippen molar-refractivity contribution in [2.24, 2.45) is 0 Å². The molecule has 1 atom stereocenters. The van der Waals surface area contributed by atoms with Gasteiger partial charge in [-0.1, -0.05) is 18.2 Å². The van der Waals surface area contributed by atoms with Crippen LogP contribution in [0.4, 0.5) is 0 Å². The topological polar surface area (TPSA) is 42.6 Å². The predicted molar refractivity (Wildman–Crippen MR) is 69.7 cm³/mol. The zero-order valence-electron chi connectivity index (χ0n) is 10.9. The molecule has 1 heterocycles. The fraction of sp³-hybridized carbons (Fsp3) is 0.333. The standard InChI is InChI=1S/C15H18O3/c1-10(2)18-14-7-5-4-6-13(14)15(16)12-8-9-17-11(12)3/h4-10,15-16H,1-3H3. The molecule has 0 fully saturated rings. The Morgan fingerprint density at radius 2 is 1.83 bits per heavy atom. The number of benzene rings is 1. The molecule has 0 bridgehead atoms. The third kappa shape index (κ3) is 2.57. The summed E-state index contributed by atoms with van der Waals surface area (Å²) in [7, 11) is 0. The first-order valence-corrected chi connectivity index (χ1v) is 6.07. The van der Waals surface area contributed by atoms with Crippen LogP contribution in [-0.2, 0) is 0 Å². The molecular weight excluding hydrogens is 228 g/mol. The minimum Gasteiger partial charge on any atom is -0.491 e. The zero-order chi connectivity index (χ0) is 13.1. The lowest BCUT2D eigenvalue weighted by Crippen LogP contribution is -2.10. The van der Waals surface area contributed by atoms with E-state index in [-0.39, 0.29) is 6.10 Å². The highest BCUT2D eigenvalue weighted by Gasteiger charge is 2.19.